The number of hydrogen-bond donors (Lipinski definition) is 2. The minimum atomic E-state index is -1.30. The van der Waals surface area contributed by atoms with Gasteiger partial charge in [0.2, 0.25) is 0 Å². The number of methoxy groups -OCH3 is 1. The lowest BCUT2D eigenvalue weighted by molar-refractivity contribution is -0.129. The number of carbonyl (C=O) groups excluding carboxylic acids is 1. The summed E-state index contributed by atoms with van der Waals surface area (Å²) >= 11 is 0. The van der Waals surface area contributed by atoms with Crippen LogP contribution in [-0.2, 0) is 11.3 Å². The second-order valence-electron chi connectivity index (χ2n) is 4.53. The Morgan fingerprint density at radius 3 is 2.76 bits per heavy atom. The predicted molar refractivity (Wildman–Crippen MR) is 76.2 cm³/mol. The Labute approximate surface area is 122 Å². The molecule has 0 fully saturated rings. The van der Waals surface area contributed by atoms with Gasteiger partial charge >= 0.3 is 0 Å². The van der Waals surface area contributed by atoms with Gasteiger partial charge < -0.3 is 15.2 Å². The summed E-state index contributed by atoms with van der Waals surface area (Å²) in [6.07, 6.45) is -1.30. The Bertz CT molecular complexity index is 630. The van der Waals surface area contributed by atoms with Gasteiger partial charge in [-0.15, -0.1) is 0 Å². The van der Waals surface area contributed by atoms with Crippen molar-refractivity contribution in [2.24, 2.45) is 0 Å². The molecule has 0 aliphatic rings. The van der Waals surface area contributed by atoms with E-state index in [0.29, 0.717) is 16.9 Å². The molecule has 0 spiro atoms. The molecule has 0 bridgehead atoms. The van der Waals surface area contributed by atoms with Crippen molar-refractivity contribution >= 4 is 5.91 Å². The third kappa shape index (κ3) is 4.03. The molecule has 0 radical (unpaired) electrons. The molecule has 0 aromatic heterocycles. The monoisotopic (exact) mass is 289 g/mol. The largest absolute Gasteiger partial charge is 0.497 e. The molecular weight excluding hydrogens is 273 g/mol. The third-order valence-corrected chi connectivity index (χ3v) is 3.01. The third-order valence-electron chi connectivity index (χ3n) is 3.01. The molecule has 2 aromatic carbocycles. The lowest BCUT2D eigenvalue weighted by Gasteiger charge is -2.12. The minimum Gasteiger partial charge on any atom is -0.497 e. The average Bonchev–Trinajstić information content (AvgIpc) is 2.52. The first-order chi connectivity index (χ1) is 10.1. The maximum Gasteiger partial charge on any atom is 0.253 e. The molecule has 2 aromatic rings. The summed E-state index contributed by atoms with van der Waals surface area (Å²) in [5.41, 5.74) is 1.06. The molecule has 0 saturated heterocycles. The van der Waals surface area contributed by atoms with Crippen molar-refractivity contribution in [3.63, 3.8) is 0 Å². The average molecular weight is 289 g/mol. The molecule has 1 atom stereocenters. The van der Waals surface area contributed by atoms with Crippen molar-refractivity contribution in [3.8, 4) is 5.75 Å². The van der Waals surface area contributed by atoms with Gasteiger partial charge in [0.1, 0.15) is 11.6 Å². The number of amides is 1. The van der Waals surface area contributed by atoms with Gasteiger partial charge in [-0.25, -0.2) is 4.39 Å². The molecule has 110 valence electrons. The quantitative estimate of drug-likeness (QED) is 0.887. The normalized spacial score (nSPS) is 11.8. The number of aliphatic hydroxyl groups excluding tert-OH is 1. The van der Waals surface area contributed by atoms with Crippen LogP contribution in [0, 0.1) is 5.82 Å². The van der Waals surface area contributed by atoms with Crippen LogP contribution in [-0.4, -0.2) is 18.1 Å². The van der Waals surface area contributed by atoms with Crippen LogP contribution in [0.15, 0.2) is 48.5 Å². The summed E-state index contributed by atoms with van der Waals surface area (Å²) in [4.78, 5) is 11.9. The first-order valence-corrected chi connectivity index (χ1v) is 6.44. The van der Waals surface area contributed by atoms with Crippen molar-refractivity contribution in [1.29, 1.82) is 0 Å². The molecule has 2 rings (SSSR count). The highest BCUT2D eigenvalue weighted by molar-refractivity contribution is 5.82. The number of nitrogens with one attached hydrogen (secondary N) is 1. The van der Waals surface area contributed by atoms with Crippen LogP contribution in [0.4, 0.5) is 4.39 Å². The van der Waals surface area contributed by atoms with E-state index in [-0.39, 0.29) is 12.4 Å². The van der Waals surface area contributed by atoms with Crippen molar-refractivity contribution in [2.75, 3.05) is 7.11 Å². The molecular formula is C16H16FNO3. The maximum absolute atomic E-state index is 13.0. The van der Waals surface area contributed by atoms with E-state index < -0.39 is 12.0 Å². The predicted octanol–water partition coefficient (Wildman–Crippen LogP) is 2.18. The van der Waals surface area contributed by atoms with Gasteiger partial charge in [-0.1, -0.05) is 24.3 Å². The Hall–Kier alpha value is -2.40. The number of hydrogen-bond acceptors (Lipinski definition) is 3. The Morgan fingerprint density at radius 1 is 1.29 bits per heavy atom. The smallest absolute Gasteiger partial charge is 0.253 e. The topological polar surface area (TPSA) is 58.6 Å². The summed E-state index contributed by atoms with van der Waals surface area (Å²) in [5, 5.41) is 12.6. The molecule has 0 heterocycles. The van der Waals surface area contributed by atoms with E-state index in [1.54, 1.807) is 36.4 Å². The van der Waals surface area contributed by atoms with E-state index in [0.717, 1.165) is 0 Å². The highest BCUT2D eigenvalue weighted by Gasteiger charge is 2.17. The Kier molecular flexibility index (Phi) is 4.90. The maximum atomic E-state index is 13.0. The summed E-state index contributed by atoms with van der Waals surface area (Å²) in [7, 11) is 1.51. The fourth-order valence-corrected chi connectivity index (χ4v) is 1.90. The van der Waals surface area contributed by atoms with E-state index in [1.807, 2.05) is 0 Å². The van der Waals surface area contributed by atoms with Crippen molar-refractivity contribution < 1.29 is 19.0 Å². The summed E-state index contributed by atoms with van der Waals surface area (Å²) in [6, 6.07) is 12.6. The van der Waals surface area contributed by atoms with Crippen molar-refractivity contribution in [1.82, 2.24) is 5.32 Å². The first kappa shape index (κ1) is 15.0. The van der Waals surface area contributed by atoms with Crippen LogP contribution in [0.5, 0.6) is 5.75 Å². The van der Waals surface area contributed by atoms with Crippen LogP contribution in [0.25, 0.3) is 0 Å². The molecule has 2 N–H and O–H groups in total. The van der Waals surface area contributed by atoms with Gasteiger partial charge in [0.15, 0.2) is 6.10 Å². The number of rotatable bonds is 5. The number of halogens is 1. The molecule has 0 aliphatic carbocycles. The number of aliphatic hydroxyl groups is 1. The zero-order valence-electron chi connectivity index (χ0n) is 11.5. The first-order valence-electron chi connectivity index (χ1n) is 6.44. The number of ether oxygens (including phenoxy) is 1. The van der Waals surface area contributed by atoms with E-state index in [1.165, 1.54) is 19.2 Å². The van der Waals surface area contributed by atoms with E-state index >= 15 is 0 Å². The molecule has 1 unspecified atom stereocenters. The van der Waals surface area contributed by atoms with Crippen LogP contribution in [0.1, 0.15) is 17.2 Å². The van der Waals surface area contributed by atoms with Crippen LogP contribution in [0.2, 0.25) is 0 Å². The van der Waals surface area contributed by atoms with E-state index in [2.05, 4.69) is 5.32 Å². The minimum absolute atomic E-state index is 0.150. The standard InChI is InChI=1S/C16H16FNO3/c1-21-14-7-3-5-12(9-14)15(19)16(20)18-10-11-4-2-6-13(17)8-11/h2-9,15,19H,10H2,1H3,(H,18,20). The Balaban J connectivity index is 1.99. The molecule has 0 aliphatic heterocycles. The highest BCUT2D eigenvalue weighted by Crippen LogP contribution is 2.19. The van der Waals surface area contributed by atoms with Gasteiger partial charge in [-0.2, -0.15) is 0 Å². The summed E-state index contributed by atoms with van der Waals surface area (Å²) in [5.74, 6) is -0.355. The highest BCUT2D eigenvalue weighted by atomic mass is 19.1. The van der Waals surface area contributed by atoms with Crippen LogP contribution < -0.4 is 10.1 Å². The van der Waals surface area contributed by atoms with Gasteiger partial charge in [0.05, 0.1) is 7.11 Å². The van der Waals surface area contributed by atoms with Crippen molar-refractivity contribution in [3.05, 3.63) is 65.5 Å². The van der Waals surface area contributed by atoms with Gasteiger partial charge in [-0.05, 0) is 35.4 Å². The Morgan fingerprint density at radius 2 is 2.05 bits per heavy atom. The second-order valence-corrected chi connectivity index (χ2v) is 4.53. The fourth-order valence-electron chi connectivity index (χ4n) is 1.90. The van der Waals surface area contributed by atoms with Gasteiger partial charge in [0.25, 0.3) is 5.91 Å². The molecule has 4 nitrogen and oxygen atoms in total. The fraction of sp³-hybridized carbons (Fsp3) is 0.188. The molecule has 5 heteroatoms. The summed E-state index contributed by atoms with van der Waals surface area (Å²) < 4.78 is 18.1. The van der Waals surface area contributed by atoms with E-state index in [4.69, 9.17) is 4.74 Å². The molecule has 0 saturated carbocycles. The molecule has 1 amide bonds. The second kappa shape index (κ2) is 6.85. The van der Waals surface area contributed by atoms with E-state index in [9.17, 15) is 14.3 Å². The van der Waals surface area contributed by atoms with Crippen LogP contribution in [0.3, 0.4) is 0 Å². The zero-order chi connectivity index (χ0) is 15.2. The van der Waals surface area contributed by atoms with Crippen LogP contribution >= 0.6 is 0 Å². The lowest BCUT2D eigenvalue weighted by atomic mass is 10.1. The number of carbonyl (C=O) groups is 1. The van der Waals surface area contributed by atoms with Crippen molar-refractivity contribution in [2.45, 2.75) is 12.6 Å². The van der Waals surface area contributed by atoms with Gasteiger partial charge in [-0.3, -0.25) is 4.79 Å². The molecule has 21 heavy (non-hydrogen) atoms. The number of benzene rings is 2. The summed E-state index contributed by atoms with van der Waals surface area (Å²) in [6.45, 7) is 0.150. The van der Waals surface area contributed by atoms with Gasteiger partial charge in [0, 0.05) is 6.54 Å². The zero-order valence-corrected chi connectivity index (χ0v) is 11.5. The SMILES string of the molecule is COc1cccc(C(O)C(=O)NCc2cccc(F)c2)c1. The lowest BCUT2D eigenvalue weighted by Crippen LogP contribution is -2.28.